The second kappa shape index (κ2) is 7.51. The molecule has 1 N–H and O–H groups in total. The van der Waals surface area contributed by atoms with Gasteiger partial charge in [0.2, 0.25) is 0 Å². The average Bonchev–Trinajstić information content (AvgIpc) is 2.67. The number of para-hydroxylation sites is 1. The van der Waals surface area contributed by atoms with Gasteiger partial charge in [-0.3, -0.25) is 19.8 Å². The molecule has 0 aliphatic heterocycles. The molecule has 0 spiro atoms. The smallest absolute Gasteiger partial charge is 0.279 e. The average molecular weight is 423 g/mol. The highest BCUT2D eigenvalue weighted by molar-refractivity contribution is 7.92. The molecule has 1 aromatic heterocycles. The maximum absolute atomic E-state index is 12.7. The van der Waals surface area contributed by atoms with Crippen molar-refractivity contribution >= 4 is 21.4 Å². The van der Waals surface area contributed by atoms with Crippen LogP contribution >= 0.6 is 0 Å². The third-order valence-corrected chi connectivity index (χ3v) is 5.28. The van der Waals surface area contributed by atoms with Crippen molar-refractivity contribution in [2.75, 3.05) is 4.72 Å². The number of anilines is 1. The zero-order chi connectivity index (χ0) is 21.2. The van der Waals surface area contributed by atoms with E-state index >= 15 is 0 Å². The van der Waals surface area contributed by atoms with Gasteiger partial charge in [-0.1, -0.05) is 18.2 Å². The van der Waals surface area contributed by atoms with E-state index in [-0.39, 0.29) is 27.5 Å². The molecule has 0 saturated carbocycles. The molecule has 150 valence electrons. The number of benzene rings is 2. The lowest BCUT2D eigenvalue weighted by atomic mass is 10.1. The summed E-state index contributed by atoms with van der Waals surface area (Å²) < 4.78 is 65.7. The fourth-order valence-electron chi connectivity index (χ4n) is 2.47. The Morgan fingerprint density at radius 2 is 1.62 bits per heavy atom. The Labute approximate surface area is 163 Å². The van der Waals surface area contributed by atoms with Gasteiger partial charge in [0.1, 0.15) is 0 Å². The first-order valence-electron chi connectivity index (χ1n) is 7.98. The molecule has 29 heavy (non-hydrogen) atoms. The Morgan fingerprint density at radius 3 is 2.17 bits per heavy atom. The van der Waals surface area contributed by atoms with E-state index in [4.69, 9.17) is 0 Å². The van der Waals surface area contributed by atoms with E-state index in [0.717, 1.165) is 36.4 Å². The number of hydrogen-bond acceptors (Lipinski definition) is 5. The molecular weight excluding hydrogens is 411 g/mol. The Hall–Kier alpha value is -3.47. The van der Waals surface area contributed by atoms with Crippen molar-refractivity contribution in [3.63, 3.8) is 0 Å². The van der Waals surface area contributed by atoms with Crippen LogP contribution in [0.4, 0.5) is 24.5 Å². The van der Waals surface area contributed by atoms with Gasteiger partial charge in [-0.2, -0.15) is 13.2 Å². The molecule has 0 fully saturated rings. The molecule has 0 saturated heterocycles. The normalized spacial score (nSPS) is 11.8. The van der Waals surface area contributed by atoms with E-state index in [1.54, 1.807) is 12.1 Å². The summed E-state index contributed by atoms with van der Waals surface area (Å²) in [6.45, 7) is 0. The van der Waals surface area contributed by atoms with Crippen LogP contribution in [0.25, 0.3) is 11.3 Å². The van der Waals surface area contributed by atoms with Gasteiger partial charge in [-0.05, 0) is 30.3 Å². The minimum atomic E-state index is -4.54. The fourth-order valence-corrected chi connectivity index (χ4v) is 3.55. The molecule has 0 aliphatic carbocycles. The second-order valence-corrected chi connectivity index (χ2v) is 7.51. The lowest BCUT2D eigenvalue weighted by Crippen LogP contribution is -2.13. The SMILES string of the molecule is O=[N+]([O-])c1ccc(S(=O)(=O)Nc2ccccc2-c2ccc(C(F)(F)F)cn2)cc1. The molecule has 3 aromatic rings. The highest BCUT2D eigenvalue weighted by Gasteiger charge is 2.30. The number of nitrogens with one attached hydrogen (secondary N) is 1. The first-order chi connectivity index (χ1) is 13.6. The monoisotopic (exact) mass is 423 g/mol. The van der Waals surface area contributed by atoms with E-state index in [1.807, 2.05) is 0 Å². The molecule has 0 unspecified atom stereocenters. The van der Waals surface area contributed by atoms with Crippen molar-refractivity contribution in [2.45, 2.75) is 11.1 Å². The van der Waals surface area contributed by atoms with Gasteiger partial charge in [0, 0.05) is 23.9 Å². The summed E-state index contributed by atoms with van der Waals surface area (Å²) >= 11 is 0. The minimum absolute atomic E-state index is 0.0955. The number of pyridine rings is 1. The lowest BCUT2D eigenvalue weighted by Gasteiger charge is -2.13. The molecule has 0 radical (unpaired) electrons. The summed E-state index contributed by atoms with van der Waals surface area (Å²) in [6, 6.07) is 12.3. The topological polar surface area (TPSA) is 102 Å². The van der Waals surface area contributed by atoms with Crippen LogP contribution in [0.3, 0.4) is 0 Å². The van der Waals surface area contributed by atoms with Gasteiger partial charge < -0.3 is 0 Å². The second-order valence-electron chi connectivity index (χ2n) is 5.83. The van der Waals surface area contributed by atoms with Crippen LogP contribution in [0.2, 0.25) is 0 Å². The van der Waals surface area contributed by atoms with Crippen molar-refractivity contribution in [1.82, 2.24) is 4.98 Å². The van der Waals surface area contributed by atoms with Crippen LogP contribution in [0.1, 0.15) is 5.56 Å². The fraction of sp³-hybridized carbons (Fsp3) is 0.0556. The summed E-state index contributed by atoms with van der Waals surface area (Å²) in [5.74, 6) is 0. The van der Waals surface area contributed by atoms with Crippen LogP contribution in [-0.4, -0.2) is 18.3 Å². The summed E-state index contributed by atoms with van der Waals surface area (Å²) in [4.78, 5) is 13.6. The molecule has 0 bridgehead atoms. The molecular formula is C18H12F3N3O4S. The van der Waals surface area contributed by atoms with E-state index in [1.165, 1.54) is 12.1 Å². The number of halogens is 3. The predicted octanol–water partition coefficient (Wildman–Crippen LogP) is 4.48. The number of nitro groups is 1. The number of alkyl halides is 3. The number of rotatable bonds is 5. The molecule has 3 rings (SSSR count). The largest absolute Gasteiger partial charge is 0.417 e. The number of nitrogens with zero attached hydrogens (tertiary/aromatic N) is 2. The number of nitro benzene ring substituents is 1. The van der Waals surface area contributed by atoms with Gasteiger partial charge in [0.15, 0.2) is 0 Å². The molecule has 1 heterocycles. The molecule has 11 heteroatoms. The molecule has 0 atom stereocenters. The highest BCUT2D eigenvalue weighted by atomic mass is 32.2. The summed E-state index contributed by atoms with van der Waals surface area (Å²) in [6.07, 6.45) is -3.88. The predicted molar refractivity (Wildman–Crippen MR) is 98.6 cm³/mol. The van der Waals surface area contributed by atoms with Crippen molar-refractivity contribution in [3.8, 4) is 11.3 Å². The summed E-state index contributed by atoms with van der Waals surface area (Å²) in [5, 5.41) is 10.7. The lowest BCUT2D eigenvalue weighted by molar-refractivity contribution is -0.384. The number of non-ortho nitro benzene ring substituents is 1. The Balaban J connectivity index is 1.93. The Morgan fingerprint density at radius 1 is 0.966 bits per heavy atom. The third kappa shape index (κ3) is 4.51. The van der Waals surface area contributed by atoms with Crippen molar-refractivity contribution < 1.29 is 26.5 Å². The number of hydrogen-bond donors (Lipinski definition) is 1. The minimum Gasteiger partial charge on any atom is -0.279 e. The first kappa shape index (κ1) is 20.3. The van der Waals surface area contributed by atoms with Gasteiger partial charge in [0.05, 0.1) is 26.8 Å². The first-order valence-corrected chi connectivity index (χ1v) is 9.46. The van der Waals surface area contributed by atoms with Crippen LogP contribution in [-0.2, 0) is 16.2 Å². The zero-order valence-electron chi connectivity index (χ0n) is 14.4. The van der Waals surface area contributed by atoms with Crippen LogP contribution in [0.15, 0.2) is 71.8 Å². The molecule has 0 aliphatic rings. The number of aromatic nitrogens is 1. The summed E-state index contributed by atoms with van der Waals surface area (Å²) in [5.41, 5.74) is -0.687. The highest BCUT2D eigenvalue weighted by Crippen LogP contribution is 2.32. The van der Waals surface area contributed by atoms with Crippen LogP contribution in [0, 0.1) is 10.1 Å². The molecule has 2 aromatic carbocycles. The van der Waals surface area contributed by atoms with Gasteiger partial charge in [-0.25, -0.2) is 8.42 Å². The van der Waals surface area contributed by atoms with Crippen molar-refractivity contribution in [1.29, 1.82) is 0 Å². The van der Waals surface area contributed by atoms with Crippen LogP contribution in [0.5, 0.6) is 0 Å². The third-order valence-electron chi connectivity index (χ3n) is 3.90. The standard InChI is InChI=1S/C18H12F3N3O4S/c19-18(20,21)12-5-10-16(22-11-12)15-3-1-2-4-17(15)23-29(27,28)14-8-6-13(7-9-14)24(25)26/h1-11,23H. The van der Waals surface area contributed by atoms with Crippen molar-refractivity contribution in [3.05, 3.63) is 82.5 Å². The molecule has 7 nitrogen and oxygen atoms in total. The van der Waals surface area contributed by atoms with Crippen LogP contribution < -0.4 is 4.72 Å². The van der Waals surface area contributed by atoms with Gasteiger partial charge >= 0.3 is 6.18 Å². The van der Waals surface area contributed by atoms with E-state index in [2.05, 4.69) is 9.71 Å². The summed E-state index contributed by atoms with van der Waals surface area (Å²) in [7, 11) is -4.10. The number of sulfonamides is 1. The maximum atomic E-state index is 12.7. The van der Waals surface area contributed by atoms with E-state index < -0.39 is 26.7 Å². The quantitative estimate of drug-likeness (QED) is 0.482. The van der Waals surface area contributed by atoms with Gasteiger partial charge in [-0.15, -0.1) is 0 Å². The Kier molecular flexibility index (Phi) is 5.25. The Bertz CT molecular complexity index is 1150. The molecule has 0 amide bonds. The van der Waals surface area contributed by atoms with Gasteiger partial charge in [0.25, 0.3) is 15.7 Å². The zero-order valence-corrected chi connectivity index (χ0v) is 15.2. The maximum Gasteiger partial charge on any atom is 0.417 e. The van der Waals surface area contributed by atoms with Crippen molar-refractivity contribution in [2.24, 2.45) is 0 Å². The van der Waals surface area contributed by atoms with E-state index in [9.17, 15) is 31.7 Å². The van der Waals surface area contributed by atoms with E-state index in [0.29, 0.717) is 6.20 Å².